The number of rotatable bonds is 2. The van der Waals surface area contributed by atoms with Crippen LogP contribution in [0.25, 0.3) is 6.08 Å². The predicted molar refractivity (Wildman–Crippen MR) is 51.4 cm³/mol. The number of thiol groups is 1. The second-order valence-corrected chi connectivity index (χ2v) is 3.14. The van der Waals surface area contributed by atoms with Crippen LogP contribution in [0.1, 0.15) is 5.69 Å². The third-order valence-corrected chi connectivity index (χ3v) is 1.74. The molecule has 0 atom stereocenters. The SMILES string of the molecule is SCC=Cc1cc(Br)c[nH]1. The maximum Gasteiger partial charge on any atom is 0.0389 e. The van der Waals surface area contributed by atoms with Crippen LogP contribution in [0.5, 0.6) is 0 Å². The molecule has 0 saturated carbocycles. The van der Waals surface area contributed by atoms with E-state index in [1.54, 1.807) is 0 Å². The quantitative estimate of drug-likeness (QED) is 0.710. The summed E-state index contributed by atoms with van der Waals surface area (Å²) in [6.45, 7) is 0. The monoisotopic (exact) mass is 217 g/mol. The van der Waals surface area contributed by atoms with Crippen LogP contribution in [0.4, 0.5) is 0 Å². The predicted octanol–water partition coefficient (Wildman–Crippen LogP) is 2.72. The molecular weight excluding hydrogens is 210 g/mol. The van der Waals surface area contributed by atoms with E-state index in [2.05, 4.69) is 33.5 Å². The first-order valence-electron chi connectivity index (χ1n) is 2.94. The zero-order chi connectivity index (χ0) is 7.40. The molecule has 1 nitrogen and oxygen atoms in total. The highest BCUT2D eigenvalue weighted by Crippen LogP contribution is 2.11. The van der Waals surface area contributed by atoms with E-state index in [0.717, 1.165) is 15.9 Å². The lowest BCUT2D eigenvalue weighted by molar-refractivity contribution is 1.37. The molecule has 0 bridgehead atoms. The van der Waals surface area contributed by atoms with Gasteiger partial charge >= 0.3 is 0 Å². The largest absolute Gasteiger partial charge is 0.361 e. The summed E-state index contributed by atoms with van der Waals surface area (Å²) in [5.41, 5.74) is 1.10. The lowest BCUT2D eigenvalue weighted by atomic mass is 10.4. The smallest absolute Gasteiger partial charge is 0.0389 e. The number of nitrogens with one attached hydrogen (secondary N) is 1. The molecule has 0 radical (unpaired) electrons. The second-order valence-electron chi connectivity index (χ2n) is 1.86. The Labute approximate surface area is 74.1 Å². The molecule has 0 spiro atoms. The normalized spacial score (nSPS) is 11.0. The van der Waals surface area contributed by atoms with Gasteiger partial charge in [0.2, 0.25) is 0 Å². The van der Waals surface area contributed by atoms with E-state index in [9.17, 15) is 0 Å². The molecule has 3 heteroatoms. The lowest BCUT2D eigenvalue weighted by Gasteiger charge is -1.80. The molecule has 0 fully saturated rings. The van der Waals surface area contributed by atoms with Crippen LogP contribution in [0.3, 0.4) is 0 Å². The zero-order valence-corrected chi connectivity index (χ0v) is 7.82. The van der Waals surface area contributed by atoms with Gasteiger partial charge in [-0.2, -0.15) is 12.6 Å². The van der Waals surface area contributed by atoms with Gasteiger partial charge in [-0.1, -0.05) is 6.08 Å². The van der Waals surface area contributed by atoms with Gasteiger partial charge < -0.3 is 4.98 Å². The molecule has 0 unspecified atom stereocenters. The minimum Gasteiger partial charge on any atom is -0.361 e. The van der Waals surface area contributed by atoms with Crippen LogP contribution in [-0.4, -0.2) is 10.7 Å². The fraction of sp³-hybridized carbons (Fsp3) is 0.143. The van der Waals surface area contributed by atoms with Crippen LogP contribution < -0.4 is 0 Å². The summed E-state index contributed by atoms with van der Waals surface area (Å²) in [7, 11) is 0. The maximum absolute atomic E-state index is 4.05. The number of H-pyrrole nitrogens is 1. The Morgan fingerprint density at radius 1 is 1.70 bits per heavy atom. The lowest BCUT2D eigenvalue weighted by Crippen LogP contribution is -1.66. The van der Waals surface area contributed by atoms with E-state index < -0.39 is 0 Å². The summed E-state index contributed by atoms with van der Waals surface area (Å²) >= 11 is 7.39. The Morgan fingerprint density at radius 3 is 3.00 bits per heavy atom. The van der Waals surface area contributed by atoms with Crippen molar-refractivity contribution >= 4 is 34.6 Å². The van der Waals surface area contributed by atoms with Gasteiger partial charge in [0.1, 0.15) is 0 Å². The Bertz CT molecular complexity index is 229. The van der Waals surface area contributed by atoms with E-state index in [1.807, 2.05) is 24.4 Å². The number of hydrogen-bond acceptors (Lipinski definition) is 1. The van der Waals surface area contributed by atoms with Crippen molar-refractivity contribution in [1.82, 2.24) is 4.98 Å². The van der Waals surface area contributed by atoms with Crippen molar-refractivity contribution in [3.05, 3.63) is 28.5 Å². The van der Waals surface area contributed by atoms with Crippen molar-refractivity contribution in [2.75, 3.05) is 5.75 Å². The van der Waals surface area contributed by atoms with Gasteiger partial charge in [0.05, 0.1) is 0 Å². The first-order valence-corrected chi connectivity index (χ1v) is 4.37. The van der Waals surface area contributed by atoms with Crippen LogP contribution in [0.15, 0.2) is 22.8 Å². The van der Waals surface area contributed by atoms with Gasteiger partial charge in [-0.3, -0.25) is 0 Å². The van der Waals surface area contributed by atoms with Gasteiger partial charge in [0.15, 0.2) is 0 Å². The topological polar surface area (TPSA) is 15.8 Å². The Morgan fingerprint density at radius 2 is 2.50 bits per heavy atom. The summed E-state index contributed by atoms with van der Waals surface area (Å²) in [6, 6.07) is 2.01. The molecule has 54 valence electrons. The van der Waals surface area contributed by atoms with Crippen LogP contribution >= 0.6 is 28.6 Å². The third-order valence-electron chi connectivity index (χ3n) is 1.07. The second kappa shape index (κ2) is 3.88. The third kappa shape index (κ3) is 2.23. The fourth-order valence-electron chi connectivity index (χ4n) is 0.660. The molecule has 1 rings (SSSR count). The summed E-state index contributed by atoms with van der Waals surface area (Å²) < 4.78 is 1.08. The first kappa shape index (κ1) is 7.95. The molecule has 10 heavy (non-hydrogen) atoms. The molecule has 0 saturated heterocycles. The number of halogens is 1. The molecule has 1 N–H and O–H groups in total. The summed E-state index contributed by atoms with van der Waals surface area (Å²) in [4.78, 5) is 3.07. The van der Waals surface area contributed by atoms with Gasteiger partial charge in [-0.25, -0.2) is 0 Å². The maximum atomic E-state index is 4.05. The van der Waals surface area contributed by atoms with Gasteiger partial charge in [-0.15, -0.1) is 0 Å². The highest BCUT2D eigenvalue weighted by Gasteiger charge is 1.88. The zero-order valence-electron chi connectivity index (χ0n) is 5.34. The van der Waals surface area contributed by atoms with Crippen molar-refractivity contribution in [3.63, 3.8) is 0 Å². The Kier molecular flexibility index (Phi) is 3.09. The number of aromatic amines is 1. The molecule has 1 aromatic heterocycles. The number of hydrogen-bond donors (Lipinski definition) is 2. The molecule has 0 aliphatic heterocycles. The first-order chi connectivity index (χ1) is 4.83. The molecule has 0 amide bonds. The Balaban J connectivity index is 2.67. The van der Waals surface area contributed by atoms with Crippen LogP contribution in [0.2, 0.25) is 0 Å². The van der Waals surface area contributed by atoms with E-state index in [4.69, 9.17) is 0 Å². The highest BCUT2D eigenvalue weighted by atomic mass is 79.9. The van der Waals surface area contributed by atoms with E-state index in [0.29, 0.717) is 0 Å². The van der Waals surface area contributed by atoms with Crippen molar-refractivity contribution in [2.45, 2.75) is 0 Å². The highest BCUT2D eigenvalue weighted by molar-refractivity contribution is 9.10. The van der Waals surface area contributed by atoms with Crippen LogP contribution in [-0.2, 0) is 0 Å². The van der Waals surface area contributed by atoms with Gasteiger partial charge in [0, 0.05) is 22.1 Å². The molecule has 0 aromatic carbocycles. The van der Waals surface area contributed by atoms with E-state index in [1.165, 1.54) is 0 Å². The van der Waals surface area contributed by atoms with Crippen LogP contribution in [0, 0.1) is 0 Å². The average molecular weight is 218 g/mol. The summed E-state index contributed by atoms with van der Waals surface area (Å²) in [5.74, 6) is 0.774. The van der Waals surface area contributed by atoms with Crippen molar-refractivity contribution in [3.8, 4) is 0 Å². The van der Waals surface area contributed by atoms with E-state index >= 15 is 0 Å². The van der Waals surface area contributed by atoms with Crippen molar-refractivity contribution in [2.24, 2.45) is 0 Å². The fourth-order valence-corrected chi connectivity index (χ4v) is 1.13. The summed E-state index contributed by atoms with van der Waals surface area (Å²) in [6.07, 6.45) is 5.89. The van der Waals surface area contributed by atoms with Crippen molar-refractivity contribution in [1.29, 1.82) is 0 Å². The molecule has 0 aliphatic rings. The van der Waals surface area contributed by atoms with Gasteiger partial charge in [0.25, 0.3) is 0 Å². The van der Waals surface area contributed by atoms with Gasteiger partial charge in [-0.05, 0) is 28.1 Å². The summed E-state index contributed by atoms with van der Waals surface area (Å²) in [5, 5.41) is 0. The average Bonchev–Trinajstić information content (AvgIpc) is 2.31. The van der Waals surface area contributed by atoms with Crippen molar-refractivity contribution < 1.29 is 0 Å². The minimum atomic E-state index is 0.774. The molecule has 1 heterocycles. The number of aromatic nitrogens is 1. The standard InChI is InChI=1S/C7H8BrNS/c8-6-4-7(9-5-6)2-1-3-10/h1-2,4-5,9-10H,3H2. The Hall–Kier alpha value is -0.150. The minimum absolute atomic E-state index is 0.774. The van der Waals surface area contributed by atoms with E-state index in [-0.39, 0.29) is 0 Å². The molecular formula is C7H8BrNS. The molecule has 1 aromatic rings. The molecule has 0 aliphatic carbocycles.